The molecule has 1 aliphatic heterocycles. The van der Waals surface area contributed by atoms with Crippen LogP contribution in [0.1, 0.15) is 30.5 Å². The van der Waals surface area contributed by atoms with Crippen molar-refractivity contribution in [3.05, 3.63) is 39.8 Å². The minimum absolute atomic E-state index is 0.0373. The summed E-state index contributed by atoms with van der Waals surface area (Å²) in [4.78, 5) is 40.1. The van der Waals surface area contributed by atoms with E-state index >= 15 is 0 Å². The van der Waals surface area contributed by atoms with Crippen molar-refractivity contribution in [3.8, 4) is 0 Å². The molecule has 0 bridgehead atoms. The fourth-order valence-electron chi connectivity index (χ4n) is 2.69. The van der Waals surface area contributed by atoms with Gasteiger partial charge in [0.2, 0.25) is 0 Å². The second-order valence-electron chi connectivity index (χ2n) is 5.40. The molecular weight excluding hydrogens is 332 g/mol. The summed E-state index contributed by atoms with van der Waals surface area (Å²) in [6.07, 6.45) is 1.27. The number of nitrogens with zero attached hydrogens (tertiary/aromatic N) is 4. The van der Waals surface area contributed by atoms with Crippen LogP contribution in [0.25, 0.3) is 0 Å². The van der Waals surface area contributed by atoms with Crippen LogP contribution in [0, 0.1) is 0 Å². The van der Waals surface area contributed by atoms with Gasteiger partial charge in [-0.05, 0) is 11.4 Å². The van der Waals surface area contributed by atoms with Crippen LogP contribution in [0.4, 0.5) is 0 Å². The monoisotopic (exact) mass is 348 g/mol. The lowest BCUT2D eigenvalue weighted by Gasteiger charge is -2.34. The van der Waals surface area contributed by atoms with Gasteiger partial charge in [-0.15, -0.1) is 11.3 Å². The van der Waals surface area contributed by atoms with E-state index in [4.69, 9.17) is 0 Å². The first-order chi connectivity index (χ1) is 11.5. The van der Waals surface area contributed by atoms with E-state index in [-0.39, 0.29) is 23.1 Å². The van der Waals surface area contributed by atoms with Gasteiger partial charge in [-0.25, -0.2) is 4.79 Å². The zero-order valence-electron chi connectivity index (χ0n) is 13.0. The third kappa shape index (κ3) is 2.90. The molecule has 2 aromatic rings. The molecule has 0 radical (unpaired) electrons. The zero-order chi connectivity index (χ0) is 17.3. The van der Waals surface area contributed by atoms with Crippen LogP contribution >= 0.6 is 11.3 Å². The van der Waals surface area contributed by atoms with Crippen LogP contribution in [-0.4, -0.2) is 68.6 Å². The molecule has 9 heteroatoms. The lowest BCUT2D eigenvalue weighted by molar-refractivity contribution is 0.0533. The van der Waals surface area contributed by atoms with Gasteiger partial charge >= 0.3 is 5.97 Å². The SMILES string of the molecule is Cn1ncc(C(=O)N2CCN(C(=O)c3cccs3)CC2)c1C(=O)O. The first-order valence-electron chi connectivity index (χ1n) is 7.36. The molecule has 2 amide bonds. The highest BCUT2D eigenvalue weighted by Crippen LogP contribution is 2.16. The molecule has 24 heavy (non-hydrogen) atoms. The number of aryl methyl sites for hydroxylation is 1. The molecule has 0 unspecified atom stereocenters. The topological polar surface area (TPSA) is 95.7 Å². The fourth-order valence-corrected chi connectivity index (χ4v) is 3.38. The third-order valence-corrected chi connectivity index (χ3v) is 4.82. The van der Waals surface area contributed by atoms with Gasteiger partial charge in [0.25, 0.3) is 11.8 Å². The molecule has 0 atom stereocenters. The number of thiophene rings is 1. The number of rotatable bonds is 3. The Hall–Kier alpha value is -2.68. The van der Waals surface area contributed by atoms with Gasteiger partial charge in [-0.1, -0.05) is 6.07 Å². The maximum atomic E-state index is 12.6. The highest BCUT2D eigenvalue weighted by Gasteiger charge is 2.29. The summed E-state index contributed by atoms with van der Waals surface area (Å²) in [5.74, 6) is -1.60. The van der Waals surface area contributed by atoms with E-state index in [9.17, 15) is 19.5 Å². The fraction of sp³-hybridized carbons (Fsp3) is 0.333. The third-order valence-electron chi connectivity index (χ3n) is 3.96. The molecule has 0 spiro atoms. The zero-order valence-corrected chi connectivity index (χ0v) is 13.8. The molecule has 8 nitrogen and oxygen atoms in total. The van der Waals surface area contributed by atoms with Crippen molar-refractivity contribution in [3.63, 3.8) is 0 Å². The summed E-state index contributed by atoms with van der Waals surface area (Å²) in [5.41, 5.74) is -0.0554. The molecule has 126 valence electrons. The molecule has 3 heterocycles. The van der Waals surface area contributed by atoms with Crippen molar-refractivity contribution >= 4 is 29.1 Å². The van der Waals surface area contributed by atoms with E-state index < -0.39 is 5.97 Å². The number of piperazine rings is 1. The Bertz CT molecular complexity index is 776. The molecule has 0 aromatic carbocycles. The number of amides is 2. The van der Waals surface area contributed by atoms with Gasteiger partial charge < -0.3 is 14.9 Å². The molecule has 1 fully saturated rings. The highest BCUT2D eigenvalue weighted by atomic mass is 32.1. The Labute approximate surface area is 141 Å². The Kier molecular flexibility index (Phi) is 4.34. The second-order valence-corrected chi connectivity index (χ2v) is 6.35. The van der Waals surface area contributed by atoms with E-state index in [0.717, 1.165) is 0 Å². The Morgan fingerprint density at radius 3 is 2.29 bits per heavy atom. The molecule has 1 saturated heterocycles. The number of carboxylic acid groups (broad SMARTS) is 1. The standard InChI is InChI=1S/C15H16N4O4S/c1-17-12(15(22)23)10(9-16-17)13(20)18-4-6-19(7-5-18)14(21)11-3-2-8-24-11/h2-3,8-9H,4-7H2,1H3,(H,22,23). The highest BCUT2D eigenvalue weighted by molar-refractivity contribution is 7.12. The van der Waals surface area contributed by atoms with Gasteiger partial charge in [0.1, 0.15) is 0 Å². The minimum Gasteiger partial charge on any atom is -0.477 e. The summed E-state index contributed by atoms with van der Waals surface area (Å²) >= 11 is 1.39. The van der Waals surface area contributed by atoms with Crippen molar-refractivity contribution in [2.45, 2.75) is 0 Å². The smallest absolute Gasteiger partial charge is 0.354 e. The van der Waals surface area contributed by atoms with Crippen molar-refractivity contribution in [2.24, 2.45) is 7.05 Å². The Morgan fingerprint density at radius 1 is 1.12 bits per heavy atom. The predicted octanol–water partition coefficient (Wildman–Crippen LogP) is 0.778. The van der Waals surface area contributed by atoms with Crippen molar-refractivity contribution in [1.82, 2.24) is 19.6 Å². The van der Waals surface area contributed by atoms with Gasteiger partial charge in [0.15, 0.2) is 5.69 Å². The summed E-state index contributed by atoms with van der Waals surface area (Å²) in [6, 6.07) is 3.60. The molecule has 0 saturated carbocycles. The Balaban J connectivity index is 1.68. The summed E-state index contributed by atoms with van der Waals surface area (Å²) in [5, 5.41) is 14.9. The maximum absolute atomic E-state index is 12.6. The lowest BCUT2D eigenvalue weighted by atomic mass is 10.2. The first-order valence-corrected chi connectivity index (χ1v) is 8.24. The van der Waals surface area contributed by atoms with Crippen LogP contribution in [0.2, 0.25) is 0 Å². The average molecular weight is 348 g/mol. The number of aromatic carboxylic acids is 1. The van der Waals surface area contributed by atoms with Crippen molar-refractivity contribution in [2.75, 3.05) is 26.2 Å². The van der Waals surface area contributed by atoms with E-state index in [1.807, 2.05) is 11.4 Å². The quantitative estimate of drug-likeness (QED) is 0.884. The number of hydrogen-bond donors (Lipinski definition) is 1. The Morgan fingerprint density at radius 2 is 1.75 bits per heavy atom. The van der Waals surface area contributed by atoms with Gasteiger partial charge in [0, 0.05) is 33.2 Å². The first kappa shape index (κ1) is 16.2. The van der Waals surface area contributed by atoms with Crippen molar-refractivity contribution in [1.29, 1.82) is 0 Å². The van der Waals surface area contributed by atoms with Gasteiger partial charge in [-0.2, -0.15) is 5.10 Å². The number of hydrogen-bond acceptors (Lipinski definition) is 5. The van der Waals surface area contributed by atoms with Crippen LogP contribution in [0.15, 0.2) is 23.7 Å². The van der Waals surface area contributed by atoms with Gasteiger partial charge in [0.05, 0.1) is 16.6 Å². The summed E-state index contributed by atoms with van der Waals surface area (Å²) in [7, 11) is 1.48. The molecule has 2 aromatic heterocycles. The van der Waals surface area contributed by atoms with Crippen LogP contribution < -0.4 is 0 Å². The van der Waals surface area contributed by atoms with Gasteiger partial charge in [-0.3, -0.25) is 14.3 Å². The minimum atomic E-state index is -1.19. The van der Waals surface area contributed by atoms with E-state index in [1.54, 1.807) is 15.9 Å². The number of carbonyl (C=O) groups excluding carboxylic acids is 2. The van der Waals surface area contributed by atoms with E-state index in [1.165, 1.54) is 29.3 Å². The molecule has 1 N–H and O–H groups in total. The summed E-state index contributed by atoms with van der Waals surface area (Å²) < 4.78 is 1.17. The maximum Gasteiger partial charge on any atom is 0.354 e. The summed E-state index contributed by atoms with van der Waals surface area (Å²) in [6.45, 7) is 1.57. The lowest BCUT2D eigenvalue weighted by Crippen LogP contribution is -2.50. The second kappa shape index (κ2) is 6.44. The predicted molar refractivity (Wildman–Crippen MR) is 86.3 cm³/mol. The number of aromatic nitrogens is 2. The number of carbonyl (C=O) groups is 3. The molecule has 0 aliphatic carbocycles. The molecule has 1 aliphatic rings. The van der Waals surface area contributed by atoms with Crippen LogP contribution in [0.3, 0.4) is 0 Å². The van der Waals surface area contributed by atoms with Crippen LogP contribution in [0.5, 0.6) is 0 Å². The van der Waals surface area contributed by atoms with Crippen molar-refractivity contribution < 1.29 is 19.5 Å². The van der Waals surface area contributed by atoms with E-state index in [2.05, 4.69) is 5.10 Å². The van der Waals surface area contributed by atoms with E-state index in [0.29, 0.717) is 31.1 Å². The largest absolute Gasteiger partial charge is 0.477 e. The normalized spacial score (nSPS) is 14.7. The van der Waals surface area contributed by atoms with Crippen LogP contribution in [-0.2, 0) is 7.05 Å². The molecule has 3 rings (SSSR count). The number of carboxylic acids is 1. The molecular formula is C15H16N4O4S. The average Bonchev–Trinajstić information content (AvgIpc) is 3.23.